The monoisotopic (exact) mass is 442 g/mol. The van der Waals surface area contributed by atoms with Gasteiger partial charge in [-0.05, 0) is 12.1 Å². The van der Waals surface area contributed by atoms with Crippen LogP contribution >= 0.6 is 11.3 Å². The van der Waals surface area contributed by atoms with Crippen molar-refractivity contribution in [2.45, 2.75) is 13.0 Å². The highest BCUT2D eigenvalue weighted by atomic mass is 32.1. The van der Waals surface area contributed by atoms with E-state index in [4.69, 9.17) is 14.2 Å². The normalized spacial score (nSPS) is 12.7. The van der Waals surface area contributed by atoms with Crippen LogP contribution in [0.25, 0.3) is 0 Å². The van der Waals surface area contributed by atoms with E-state index in [1.54, 1.807) is 32.4 Å². The number of methoxy groups -OCH3 is 3. The number of ether oxygens (including phenoxy) is 3. The molecule has 2 amide bonds. The van der Waals surface area contributed by atoms with Crippen LogP contribution < -0.4 is 29.7 Å². The van der Waals surface area contributed by atoms with Gasteiger partial charge in [0.15, 0.2) is 5.13 Å². The molecule has 1 aliphatic heterocycles. The van der Waals surface area contributed by atoms with Crippen molar-refractivity contribution in [3.05, 3.63) is 40.9 Å². The second kappa shape index (κ2) is 9.04. The summed E-state index contributed by atoms with van der Waals surface area (Å²) < 4.78 is 15.6. The van der Waals surface area contributed by atoms with Crippen molar-refractivity contribution in [3.63, 3.8) is 0 Å². The van der Waals surface area contributed by atoms with Crippen molar-refractivity contribution < 1.29 is 19.0 Å². The molecule has 3 heterocycles. The van der Waals surface area contributed by atoms with Gasteiger partial charge in [0.1, 0.15) is 11.6 Å². The number of anilines is 3. The fourth-order valence-electron chi connectivity index (χ4n) is 3.15. The number of hydrogen-bond donors (Lipinski definition) is 2. The number of aromatic nitrogens is 3. The van der Waals surface area contributed by atoms with E-state index < -0.39 is 0 Å². The quantitative estimate of drug-likeness (QED) is 0.599. The maximum absolute atomic E-state index is 12.4. The average Bonchev–Trinajstić information content (AvgIpc) is 3.19. The summed E-state index contributed by atoms with van der Waals surface area (Å²) in [6, 6.07) is 8.82. The SMILES string of the molecule is COc1cccc(NC(=O)Nc2nc3c(s2)CN(c2cc(OC)nc(OC)n2)CC3)c1. The van der Waals surface area contributed by atoms with Crippen molar-refractivity contribution in [1.29, 1.82) is 0 Å². The molecule has 0 aliphatic carbocycles. The number of nitrogens with zero attached hydrogens (tertiary/aromatic N) is 4. The van der Waals surface area contributed by atoms with Gasteiger partial charge in [0.05, 0.1) is 33.6 Å². The molecule has 0 unspecified atom stereocenters. The number of amides is 2. The lowest BCUT2D eigenvalue weighted by molar-refractivity contribution is 0.262. The summed E-state index contributed by atoms with van der Waals surface area (Å²) in [5, 5.41) is 6.14. The zero-order valence-corrected chi connectivity index (χ0v) is 18.2. The Bertz CT molecular complexity index is 1070. The van der Waals surface area contributed by atoms with E-state index in [1.165, 1.54) is 18.4 Å². The molecule has 0 bridgehead atoms. The topological polar surface area (TPSA) is 111 Å². The Morgan fingerprint density at radius 1 is 1.06 bits per heavy atom. The van der Waals surface area contributed by atoms with Crippen LogP contribution in [0.1, 0.15) is 10.6 Å². The Morgan fingerprint density at radius 2 is 1.94 bits per heavy atom. The third-order valence-electron chi connectivity index (χ3n) is 4.66. The molecule has 3 aromatic rings. The van der Waals surface area contributed by atoms with Crippen LogP contribution in [-0.4, -0.2) is 48.9 Å². The van der Waals surface area contributed by atoms with Gasteiger partial charge >= 0.3 is 12.0 Å². The highest BCUT2D eigenvalue weighted by Crippen LogP contribution is 2.31. The zero-order valence-electron chi connectivity index (χ0n) is 17.3. The highest BCUT2D eigenvalue weighted by molar-refractivity contribution is 7.15. The summed E-state index contributed by atoms with van der Waals surface area (Å²) in [5.74, 6) is 1.82. The predicted octanol–water partition coefficient (Wildman–Crippen LogP) is 3.17. The Hall–Kier alpha value is -3.60. The molecule has 11 heteroatoms. The molecule has 31 heavy (non-hydrogen) atoms. The number of fused-ring (bicyclic) bond motifs is 1. The Labute approximate surface area is 183 Å². The molecule has 1 aromatic carbocycles. The van der Waals surface area contributed by atoms with Crippen molar-refractivity contribution in [3.8, 4) is 17.6 Å². The number of carbonyl (C=O) groups excluding carboxylic acids is 1. The van der Waals surface area contributed by atoms with Crippen LogP contribution in [0, 0.1) is 0 Å². The summed E-state index contributed by atoms with van der Waals surface area (Å²) in [5.41, 5.74) is 1.61. The van der Waals surface area contributed by atoms with Crippen LogP contribution in [0.3, 0.4) is 0 Å². The first-order valence-electron chi connectivity index (χ1n) is 9.50. The number of benzene rings is 1. The van der Waals surface area contributed by atoms with Gasteiger partial charge in [-0.25, -0.2) is 9.78 Å². The van der Waals surface area contributed by atoms with E-state index in [0.29, 0.717) is 34.8 Å². The molecule has 0 saturated heterocycles. The van der Waals surface area contributed by atoms with Crippen LogP contribution in [0.4, 0.5) is 21.4 Å². The van der Waals surface area contributed by atoms with E-state index in [-0.39, 0.29) is 12.0 Å². The molecular formula is C20H22N6O4S. The van der Waals surface area contributed by atoms with E-state index in [9.17, 15) is 4.79 Å². The lowest BCUT2D eigenvalue weighted by Gasteiger charge is -2.27. The molecule has 162 valence electrons. The van der Waals surface area contributed by atoms with Crippen LogP contribution in [0.5, 0.6) is 17.6 Å². The summed E-state index contributed by atoms with van der Waals surface area (Å²) in [7, 11) is 4.65. The van der Waals surface area contributed by atoms with Gasteiger partial charge in [0.25, 0.3) is 0 Å². The summed E-state index contributed by atoms with van der Waals surface area (Å²) in [6.07, 6.45) is 0.736. The van der Waals surface area contributed by atoms with Gasteiger partial charge in [0.2, 0.25) is 5.88 Å². The Morgan fingerprint density at radius 3 is 2.71 bits per heavy atom. The number of rotatable bonds is 6. The molecule has 2 N–H and O–H groups in total. The van der Waals surface area contributed by atoms with Crippen molar-refractivity contribution in [2.24, 2.45) is 0 Å². The number of hydrogen-bond acceptors (Lipinski definition) is 9. The fourth-order valence-corrected chi connectivity index (χ4v) is 4.17. The molecule has 10 nitrogen and oxygen atoms in total. The number of thiazole rings is 1. The van der Waals surface area contributed by atoms with Gasteiger partial charge in [-0.2, -0.15) is 9.97 Å². The molecule has 0 atom stereocenters. The van der Waals surface area contributed by atoms with Gasteiger partial charge in [0, 0.05) is 35.7 Å². The smallest absolute Gasteiger partial charge is 0.325 e. The average molecular weight is 443 g/mol. The van der Waals surface area contributed by atoms with Crippen LogP contribution in [0.15, 0.2) is 30.3 Å². The fraction of sp³-hybridized carbons (Fsp3) is 0.300. The van der Waals surface area contributed by atoms with Gasteiger partial charge < -0.3 is 24.4 Å². The minimum atomic E-state index is -0.360. The summed E-state index contributed by atoms with van der Waals surface area (Å²) in [6.45, 7) is 1.35. The minimum Gasteiger partial charge on any atom is -0.497 e. The predicted molar refractivity (Wildman–Crippen MR) is 118 cm³/mol. The number of urea groups is 1. The molecule has 0 fully saturated rings. The lowest BCUT2D eigenvalue weighted by Crippen LogP contribution is -2.30. The molecule has 0 radical (unpaired) electrons. The van der Waals surface area contributed by atoms with Crippen molar-refractivity contribution in [1.82, 2.24) is 15.0 Å². The van der Waals surface area contributed by atoms with Crippen molar-refractivity contribution in [2.75, 3.05) is 43.4 Å². The van der Waals surface area contributed by atoms with Gasteiger partial charge in [-0.3, -0.25) is 5.32 Å². The van der Waals surface area contributed by atoms with E-state index in [0.717, 1.165) is 23.5 Å². The van der Waals surface area contributed by atoms with E-state index >= 15 is 0 Å². The highest BCUT2D eigenvalue weighted by Gasteiger charge is 2.23. The first-order chi connectivity index (χ1) is 15.1. The van der Waals surface area contributed by atoms with Crippen LogP contribution in [-0.2, 0) is 13.0 Å². The zero-order chi connectivity index (χ0) is 21.8. The van der Waals surface area contributed by atoms with Crippen LogP contribution in [0.2, 0.25) is 0 Å². The molecular weight excluding hydrogens is 420 g/mol. The van der Waals surface area contributed by atoms with E-state index in [2.05, 4.69) is 30.5 Å². The van der Waals surface area contributed by atoms with Gasteiger partial charge in [-0.1, -0.05) is 17.4 Å². The first kappa shape index (κ1) is 20.7. The summed E-state index contributed by atoms with van der Waals surface area (Å²) in [4.78, 5) is 28.7. The molecule has 4 rings (SSSR count). The standard InChI is InChI=1S/C20H22N6O4S/c1-28-13-6-4-5-12(9-13)21-18(27)25-20-22-14-7-8-26(11-15(14)31-20)16-10-17(29-2)24-19(23-16)30-3/h4-6,9-10H,7-8,11H2,1-3H3,(H2,21,22,25,27). The number of nitrogens with one attached hydrogen (secondary N) is 2. The maximum Gasteiger partial charge on any atom is 0.325 e. The lowest BCUT2D eigenvalue weighted by atomic mass is 10.2. The largest absolute Gasteiger partial charge is 0.497 e. The van der Waals surface area contributed by atoms with Crippen molar-refractivity contribution >= 4 is 34.0 Å². The van der Waals surface area contributed by atoms with Gasteiger partial charge in [-0.15, -0.1) is 0 Å². The minimum absolute atomic E-state index is 0.251. The molecule has 2 aromatic heterocycles. The molecule has 0 saturated carbocycles. The second-order valence-corrected chi connectivity index (χ2v) is 7.71. The second-order valence-electron chi connectivity index (χ2n) is 6.63. The third kappa shape index (κ3) is 4.77. The maximum atomic E-state index is 12.4. The Kier molecular flexibility index (Phi) is 6.03. The third-order valence-corrected chi connectivity index (χ3v) is 5.66. The molecule has 1 aliphatic rings. The Balaban J connectivity index is 1.44. The number of carbonyl (C=O) groups is 1. The molecule has 0 spiro atoms. The first-order valence-corrected chi connectivity index (χ1v) is 10.3. The van der Waals surface area contributed by atoms with E-state index in [1.807, 2.05) is 12.1 Å². The summed E-state index contributed by atoms with van der Waals surface area (Å²) >= 11 is 1.44.